The highest BCUT2D eigenvalue weighted by Gasteiger charge is 2.33. The Balaban J connectivity index is 0.00000171. The molecule has 11 heteroatoms. The van der Waals surface area contributed by atoms with Gasteiger partial charge in [0.05, 0.1) is 19.0 Å². The number of carboxylic acid groups (broad SMARTS) is 1. The fraction of sp³-hybridized carbons (Fsp3) is 0.414. The molecule has 1 aliphatic rings. The van der Waals surface area contributed by atoms with E-state index in [1.54, 1.807) is 35.7 Å². The molecule has 1 unspecified atom stereocenters. The van der Waals surface area contributed by atoms with Crippen LogP contribution >= 0.6 is 11.3 Å². The molecule has 1 fully saturated rings. The maximum absolute atomic E-state index is 13.6. The van der Waals surface area contributed by atoms with Crippen molar-refractivity contribution >= 4 is 42.3 Å². The number of aliphatic imine (C=N–C) groups is 1. The van der Waals surface area contributed by atoms with Crippen LogP contribution in [0.4, 0.5) is 4.39 Å². The number of allylic oxidation sites excluding steroid dienone is 1. The van der Waals surface area contributed by atoms with Crippen molar-refractivity contribution in [1.29, 1.82) is 0 Å². The molecule has 0 spiro atoms. The Kier molecular flexibility index (Phi) is 19.4. The highest BCUT2D eigenvalue weighted by atomic mass is 32.1. The molecule has 0 aliphatic carbocycles. The first-order valence-electron chi connectivity index (χ1n) is 12.9. The van der Waals surface area contributed by atoms with E-state index in [0.717, 1.165) is 47.3 Å². The maximum atomic E-state index is 13.6. The molecule has 3 N–H and O–H groups in total. The molecule has 1 aromatic carbocycles. The Morgan fingerprint density at radius 3 is 2.42 bits per heavy atom. The summed E-state index contributed by atoms with van der Waals surface area (Å²) in [5, 5.41) is 9.77. The van der Waals surface area contributed by atoms with Gasteiger partial charge in [-0.2, -0.15) is 0 Å². The Morgan fingerprint density at radius 1 is 1.30 bits per heavy atom. The van der Waals surface area contributed by atoms with E-state index in [-0.39, 0.29) is 18.4 Å². The van der Waals surface area contributed by atoms with E-state index in [2.05, 4.69) is 21.8 Å². The third-order valence-electron chi connectivity index (χ3n) is 5.70. The number of morpholine rings is 1. The summed E-state index contributed by atoms with van der Waals surface area (Å²) in [6.07, 6.45) is 8.47. The lowest BCUT2D eigenvalue weighted by Crippen LogP contribution is -2.42. The van der Waals surface area contributed by atoms with Crippen LogP contribution in [0.15, 0.2) is 58.6 Å². The van der Waals surface area contributed by atoms with Gasteiger partial charge in [0.25, 0.3) is 6.47 Å². The van der Waals surface area contributed by atoms with E-state index in [0.29, 0.717) is 19.7 Å². The Bertz CT molecular complexity index is 1070. The topological polar surface area (TPSA) is 135 Å². The number of carbonyl (C=O) groups is 3. The van der Waals surface area contributed by atoms with Crippen molar-refractivity contribution in [1.82, 2.24) is 9.88 Å². The average Bonchev–Trinajstić information content (AvgIpc) is 3.49. The van der Waals surface area contributed by atoms with Crippen molar-refractivity contribution in [3.63, 3.8) is 0 Å². The lowest BCUT2D eigenvalue weighted by Gasteiger charge is -2.35. The van der Waals surface area contributed by atoms with Crippen LogP contribution in [0.25, 0.3) is 5.57 Å². The molecule has 1 aromatic heterocycles. The molecule has 0 bridgehead atoms. The number of nitrogens with zero attached hydrogens (tertiary/aromatic N) is 3. The van der Waals surface area contributed by atoms with Crippen molar-refractivity contribution in [3.05, 3.63) is 70.0 Å². The minimum absolute atomic E-state index is 0.137. The summed E-state index contributed by atoms with van der Waals surface area (Å²) >= 11 is 1.58. The molecule has 0 radical (unpaired) electrons. The van der Waals surface area contributed by atoms with E-state index >= 15 is 0 Å². The third kappa shape index (κ3) is 11.7. The molecule has 1 aliphatic heterocycles. The van der Waals surface area contributed by atoms with E-state index in [1.165, 1.54) is 31.5 Å². The molecular formula is C29H41FN4O5S. The molecule has 9 nitrogen and oxygen atoms in total. The quantitative estimate of drug-likeness (QED) is 0.189. The van der Waals surface area contributed by atoms with Crippen LogP contribution in [-0.2, 0) is 24.7 Å². The second-order valence-corrected chi connectivity index (χ2v) is 8.91. The van der Waals surface area contributed by atoms with E-state index in [4.69, 9.17) is 25.2 Å². The van der Waals surface area contributed by atoms with Gasteiger partial charge in [0.2, 0.25) is 0 Å². The van der Waals surface area contributed by atoms with Gasteiger partial charge in [-0.15, -0.1) is 11.3 Å². The van der Waals surface area contributed by atoms with Crippen molar-refractivity contribution < 1.29 is 28.6 Å². The summed E-state index contributed by atoms with van der Waals surface area (Å²) in [4.78, 5) is 39.4. The first-order chi connectivity index (χ1) is 19.3. The summed E-state index contributed by atoms with van der Waals surface area (Å²) in [7, 11) is 0. The molecule has 2 heterocycles. The largest absolute Gasteiger partial charge is 0.483 e. The van der Waals surface area contributed by atoms with Crippen LogP contribution in [-0.4, -0.2) is 72.7 Å². The van der Waals surface area contributed by atoms with Crippen molar-refractivity contribution in [3.8, 4) is 0 Å². The predicted molar refractivity (Wildman–Crippen MR) is 159 cm³/mol. The molecule has 2 atom stereocenters. The minimum Gasteiger partial charge on any atom is -0.483 e. The van der Waals surface area contributed by atoms with E-state index < -0.39 is 5.54 Å². The molecule has 220 valence electrons. The number of carbonyl (C=O) groups excluding carboxylic acids is 2. The second-order valence-electron chi connectivity index (χ2n) is 8.01. The molecule has 1 saturated heterocycles. The molecule has 2 aromatic rings. The molecule has 3 rings (SSSR count). The number of aromatic nitrogens is 1. The van der Waals surface area contributed by atoms with E-state index in [1.807, 2.05) is 26.2 Å². The smallest absolute Gasteiger partial charge is 0.290 e. The normalized spacial score (nSPS) is 17.1. The van der Waals surface area contributed by atoms with Gasteiger partial charge in [0.15, 0.2) is 0 Å². The molecular weight excluding hydrogens is 535 g/mol. The molecule has 0 saturated carbocycles. The summed E-state index contributed by atoms with van der Waals surface area (Å²) in [6, 6.07) is 6.41. The highest BCUT2D eigenvalue weighted by molar-refractivity contribution is 7.10. The van der Waals surface area contributed by atoms with Crippen molar-refractivity contribution in [2.75, 3.05) is 26.2 Å². The van der Waals surface area contributed by atoms with Gasteiger partial charge in [-0.1, -0.05) is 39.0 Å². The Labute approximate surface area is 240 Å². The number of ether oxygens (including phenoxy) is 1. The second kappa shape index (κ2) is 21.3. The summed E-state index contributed by atoms with van der Waals surface area (Å²) in [5.41, 5.74) is 8.04. The van der Waals surface area contributed by atoms with Gasteiger partial charge in [-0.05, 0) is 49.6 Å². The number of hydrogen-bond donors (Lipinski definition) is 2. The summed E-state index contributed by atoms with van der Waals surface area (Å²) in [5.74, 6) is -0.294. The van der Waals surface area contributed by atoms with Gasteiger partial charge < -0.3 is 20.4 Å². The first kappa shape index (κ1) is 36.5. The zero-order chi connectivity index (χ0) is 30.4. The van der Waals surface area contributed by atoms with Crippen LogP contribution in [0.5, 0.6) is 0 Å². The maximum Gasteiger partial charge on any atom is 0.290 e. The monoisotopic (exact) mass is 576 g/mol. The van der Waals surface area contributed by atoms with Gasteiger partial charge in [0.1, 0.15) is 28.9 Å². The third-order valence-corrected chi connectivity index (χ3v) is 6.53. The SMILES string of the molecule is CC.CC/C(=C(\CN1CCOC(/C=C/C=O)C1)c1nccs1)[C@@](C)(N=CN)c1ccc(F)cc1.CC=O.O=CO. The number of nitrogens with two attached hydrogens (primary N) is 1. The van der Waals surface area contributed by atoms with Crippen LogP contribution in [0.2, 0.25) is 0 Å². The lowest BCUT2D eigenvalue weighted by molar-refractivity contribution is -0.122. The van der Waals surface area contributed by atoms with Crippen molar-refractivity contribution in [2.24, 2.45) is 10.7 Å². The molecule has 40 heavy (non-hydrogen) atoms. The molecule has 0 amide bonds. The van der Waals surface area contributed by atoms with Crippen molar-refractivity contribution in [2.45, 2.75) is 52.7 Å². The lowest BCUT2D eigenvalue weighted by atomic mass is 9.80. The number of rotatable bonds is 9. The number of hydrogen-bond acceptors (Lipinski definition) is 8. The summed E-state index contributed by atoms with van der Waals surface area (Å²) in [6.45, 7) is 12.0. The highest BCUT2D eigenvalue weighted by Crippen LogP contribution is 2.40. The zero-order valence-corrected chi connectivity index (χ0v) is 24.6. The number of halogens is 1. The predicted octanol–water partition coefficient (Wildman–Crippen LogP) is 4.74. The zero-order valence-electron chi connectivity index (χ0n) is 23.8. The van der Waals surface area contributed by atoms with Gasteiger partial charge in [-0.3, -0.25) is 19.5 Å². The first-order valence-corrected chi connectivity index (χ1v) is 13.8. The van der Waals surface area contributed by atoms with Crippen LogP contribution in [0.3, 0.4) is 0 Å². The van der Waals surface area contributed by atoms with Crippen LogP contribution in [0, 0.1) is 5.82 Å². The van der Waals surface area contributed by atoms with Crippen LogP contribution in [0.1, 0.15) is 51.6 Å². The average molecular weight is 577 g/mol. The van der Waals surface area contributed by atoms with Crippen LogP contribution < -0.4 is 5.73 Å². The number of benzene rings is 1. The summed E-state index contributed by atoms with van der Waals surface area (Å²) < 4.78 is 19.4. The van der Waals surface area contributed by atoms with Gasteiger partial charge in [0, 0.05) is 36.8 Å². The van der Waals surface area contributed by atoms with Gasteiger partial charge in [-0.25, -0.2) is 9.37 Å². The fourth-order valence-corrected chi connectivity index (χ4v) is 4.85. The van der Waals surface area contributed by atoms with Gasteiger partial charge >= 0.3 is 0 Å². The standard InChI is InChI=1S/C24H29FN4O2S.C2H4O.C2H6.CH2O2/c1-3-22(24(2,28-17-26)18-6-8-19(25)9-7-18)21(23-27-10-14-32-23)16-29-11-13-31-20(15-29)5-4-12-30;1-2-3;1-2;2-1-3/h4-10,12,14,17,20H,3,11,13,15-16H2,1-2H3,(H2,26,28);2H,1H3;1-2H3;1H,(H,2,3)/b5-4+,22-21-;;;/t20?,24-;;;/m0.../s1. The minimum atomic E-state index is -0.763. The fourth-order valence-electron chi connectivity index (χ4n) is 4.15. The number of thiazole rings is 1. The Morgan fingerprint density at radius 2 is 1.93 bits per heavy atom. The number of aldehydes is 2. The Hall–Kier alpha value is -3.54. The van der Waals surface area contributed by atoms with E-state index in [9.17, 15) is 9.18 Å².